The highest BCUT2D eigenvalue weighted by Gasteiger charge is 2.40. The number of aromatic nitrogens is 1. The lowest BCUT2D eigenvalue weighted by atomic mass is 9.86. The maximum Gasteiger partial charge on any atom is 0.253 e. The molecule has 6 nitrogen and oxygen atoms in total. The van der Waals surface area contributed by atoms with Gasteiger partial charge in [0.2, 0.25) is 0 Å². The molecule has 2 aromatic rings. The minimum Gasteiger partial charge on any atom is -0.378 e. The van der Waals surface area contributed by atoms with Crippen LogP contribution in [0.3, 0.4) is 0 Å². The number of para-hydroxylation sites is 1. The minimum atomic E-state index is -0.925. The molecule has 4 atom stereocenters. The number of alkyl halides is 2. The number of carbonyl (C=O) groups is 1. The Bertz CT molecular complexity index is 895. The second-order valence-electron chi connectivity index (χ2n) is 8.41. The Morgan fingerprint density at radius 1 is 1.40 bits per heavy atom. The van der Waals surface area contributed by atoms with Crippen LogP contribution in [0.5, 0.6) is 0 Å². The highest BCUT2D eigenvalue weighted by Crippen LogP contribution is 2.27. The number of piperidine rings is 1. The SMILES string of the molecule is NC1(CNC(=O)c2cccc3cccnc23)CCN(CC2CCOCC2F)CC1Cl. The van der Waals surface area contributed by atoms with Crippen LogP contribution in [-0.2, 0) is 4.74 Å². The standard InChI is InChI=1S/C22H28ClFN4O2/c23-19-12-28(11-16-6-10-30-13-18(16)24)9-7-22(19,25)14-27-21(29)17-5-1-3-15-4-2-8-26-20(15)17/h1-5,8,16,18-19H,6-7,9-14,25H2,(H,27,29). The normalized spacial score (nSPS) is 30.3. The maximum atomic E-state index is 14.1. The van der Waals surface area contributed by atoms with Gasteiger partial charge in [-0.25, -0.2) is 4.39 Å². The van der Waals surface area contributed by atoms with E-state index < -0.39 is 11.7 Å². The second-order valence-corrected chi connectivity index (χ2v) is 8.94. The molecule has 162 valence electrons. The number of carbonyl (C=O) groups excluding carboxylic acids is 1. The Kier molecular flexibility index (Phi) is 6.53. The number of nitrogens with one attached hydrogen (secondary N) is 1. The third-order valence-electron chi connectivity index (χ3n) is 6.31. The zero-order valence-electron chi connectivity index (χ0n) is 16.9. The average molecular weight is 435 g/mol. The van der Waals surface area contributed by atoms with E-state index in [2.05, 4.69) is 15.2 Å². The smallest absolute Gasteiger partial charge is 0.253 e. The van der Waals surface area contributed by atoms with Crippen LogP contribution in [0.15, 0.2) is 36.5 Å². The Balaban J connectivity index is 1.35. The van der Waals surface area contributed by atoms with Crippen LogP contribution < -0.4 is 11.1 Å². The predicted octanol–water partition coefficient (Wildman–Crippen LogP) is 2.35. The van der Waals surface area contributed by atoms with Gasteiger partial charge in [0.25, 0.3) is 5.91 Å². The number of hydrogen-bond donors (Lipinski definition) is 2. The number of ether oxygens (including phenoxy) is 1. The van der Waals surface area contributed by atoms with Crippen molar-refractivity contribution >= 4 is 28.4 Å². The largest absolute Gasteiger partial charge is 0.378 e. The quantitative estimate of drug-likeness (QED) is 0.706. The third-order valence-corrected chi connectivity index (χ3v) is 6.88. The van der Waals surface area contributed by atoms with E-state index in [1.54, 1.807) is 12.3 Å². The first-order valence-electron chi connectivity index (χ1n) is 10.5. The van der Waals surface area contributed by atoms with E-state index >= 15 is 0 Å². The molecular weight excluding hydrogens is 407 g/mol. The number of hydrogen-bond acceptors (Lipinski definition) is 5. The molecule has 0 aliphatic carbocycles. The topological polar surface area (TPSA) is 80.5 Å². The van der Waals surface area contributed by atoms with Gasteiger partial charge < -0.3 is 20.7 Å². The molecule has 1 aromatic heterocycles. The molecule has 30 heavy (non-hydrogen) atoms. The Labute approximate surface area is 180 Å². The fourth-order valence-electron chi connectivity index (χ4n) is 4.30. The van der Waals surface area contributed by atoms with Gasteiger partial charge in [0.05, 0.1) is 28.6 Å². The number of likely N-dealkylation sites (tertiary alicyclic amines) is 1. The number of halogens is 2. The van der Waals surface area contributed by atoms with Crippen molar-refractivity contribution in [3.05, 3.63) is 42.1 Å². The average Bonchev–Trinajstić information content (AvgIpc) is 2.76. The van der Waals surface area contributed by atoms with Crippen LogP contribution in [0.1, 0.15) is 23.2 Å². The van der Waals surface area contributed by atoms with Gasteiger partial charge in [-0.05, 0) is 25.0 Å². The second kappa shape index (κ2) is 9.14. The molecule has 1 amide bonds. The van der Waals surface area contributed by atoms with Gasteiger partial charge in [-0.2, -0.15) is 0 Å². The van der Waals surface area contributed by atoms with Crippen molar-refractivity contribution in [2.75, 3.05) is 39.4 Å². The summed E-state index contributed by atoms with van der Waals surface area (Å²) in [5, 5.41) is 3.53. The number of nitrogens with two attached hydrogens (primary N) is 1. The van der Waals surface area contributed by atoms with Crippen molar-refractivity contribution in [2.24, 2.45) is 11.7 Å². The Hall–Kier alpha value is -1.80. The number of nitrogens with zero attached hydrogens (tertiary/aromatic N) is 2. The van der Waals surface area contributed by atoms with Crippen LogP contribution >= 0.6 is 11.6 Å². The van der Waals surface area contributed by atoms with E-state index in [1.165, 1.54) is 0 Å². The molecule has 2 fully saturated rings. The number of rotatable bonds is 5. The summed E-state index contributed by atoms with van der Waals surface area (Å²) in [6.07, 6.45) is 2.11. The van der Waals surface area contributed by atoms with Crippen LogP contribution in [0.25, 0.3) is 10.9 Å². The molecule has 0 radical (unpaired) electrons. The van der Waals surface area contributed by atoms with Crippen LogP contribution in [0.2, 0.25) is 0 Å². The molecule has 8 heteroatoms. The van der Waals surface area contributed by atoms with E-state index in [0.29, 0.717) is 37.2 Å². The summed E-state index contributed by atoms with van der Waals surface area (Å²) < 4.78 is 19.3. The summed E-state index contributed by atoms with van der Waals surface area (Å²) >= 11 is 6.65. The van der Waals surface area contributed by atoms with Gasteiger partial charge in [0.1, 0.15) is 6.17 Å². The summed E-state index contributed by atoms with van der Waals surface area (Å²) in [4.78, 5) is 19.3. The molecule has 1 aromatic carbocycles. The van der Waals surface area contributed by atoms with Crippen molar-refractivity contribution in [3.8, 4) is 0 Å². The molecule has 3 heterocycles. The van der Waals surface area contributed by atoms with E-state index in [4.69, 9.17) is 22.1 Å². The molecule has 4 rings (SSSR count). The summed E-state index contributed by atoms with van der Waals surface area (Å²) in [5.41, 5.74) is 7.06. The fraction of sp³-hybridized carbons (Fsp3) is 0.545. The first-order chi connectivity index (χ1) is 14.5. The van der Waals surface area contributed by atoms with E-state index in [-0.39, 0.29) is 30.4 Å². The van der Waals surface area contributed by atoms with Crippen molar-refractivity contribution in [1.29, 1.82) is 0 Å². The van der Waals surface area contributed by atoms with Crippen LogP contribution in [-0.4, -0.2) is 72.3 Å². The molecule has 2 aliphatic heterocycles. The highest BCUT2D eigenvalue weighted by molar-refractivity contribution is 6.21. The van der Waals surface area contributed by atoms with Crippen LogP contribution in [0, 0.1) is 5.92 Å². The van der Waals surface area contributed by atoms with Gasteiger partial charge >= 0.3 is 0 Å². The van der Waals surface area contributed by atoms with E-state index in [1.807, 2.05) is 24.3 Å². The van der Waals surface area contributed by atoms with Gasteiger partial charge in [-0.3, -0.25) is 9.78 Å². The zero-order valence-corrected chi connectivity index (χ0v) is 17.7. The van der Waals surface area contributed by atoms with E-state index in [9.17, 15) is 9.18 Å². The number of fused-ring (bicyclic) bond motifs is 1. The first kappa shape index (κ1) is 21.4. The van der Waals surface area contributed by atoms with Gasteiger partial charge in [0.15, 0.2) is 0 Å². The van der Waals surface area contributed by atoms with Crippen molar-refractivity contribution in [2.45, 2.75) is 29.9 Å². The summed E-state index contributed by atoms with van der Waals surface area (Å²) in [6, 6.07) is 9.30. The summed E-state index contributed by atoms with van der Waals surface area (Å²) in [6.45, 7) is 3.04. The van der Waals surface area contributed by atoms with Gasteiger partial charge in [-0.1, -0.05) is 18.2 Å². The van der Waals surface area contributed by atoms with Gasteiger partial charge in [-0.15, -0.1) is 11.6 Å². The maximum absolute atomic E-state index is 14.1. The van der Waals surface area contributed by atoms with E-state index in [0.717, 1.165) is 18.4 Å². The van der Waals surface area contributed by atoms with Gasteiger partial charge in [0, 0.05) is 50.3 Å². The lowest BCUT2D eigenvalue weighted by Crippen LogP contribution is -2.64. The summed E-state index contributed by atoms with van der Waals surface area (Å²) in [5.74, 6) is -0.232. The molecule has 2 aliphatic rings. The molecule has 0 bridgehead atoms. The Morgan fingerprint density at radius 3 is 3.03 bits per heavy atom. The molecule has 4 unspecified atom stereocenters. The van der Waals surface area contributed by atoms with Crippen LogP contribution in [0.4, 0.5) is 4.39 Å². The molecular formula is C22H28ClFN4O2. The van der Waals surface area contributed by atoms with Crippen molar-refractivity contribution in [3.63, 3.8) is 0 Å². The lowest BCUT2D eigenvalue weighted by Gasteiger charge is -2.44. The number of pyridine rings is 1. The predicted molar refractivity (Wildman–Crippen MR) is 116 cm³/mol. The first-order valence-corrected chi connectivity index (χ1v) is 10.9. The monoisotopic (exact) mass is 434 g/mol. The molecule has 2 saturated heterocycles. The molecule has 0 saturated carbocycles. The highest BCUT2D eigenvalue weighted by atomic mass is 35.5. The number of benzene rings is 1. The zero-order chi connectivity index (χ0) is 21.1. The number of amides is 1. The Morgan fingerprint density at radius 2 is 2.23 bits per heavy atom. The summed E-state index contributed by atoms with van der Waals surface area (Å²) in [7, 11) is 0. The van der Waals surface area contributed by atoms with Crippen molar-refractivity contribution in [1.82, 2.24) is 15.2 Å². The molecule has 0 spiro atoms. The fourth-order valence-corrected chi connectivity index (χ4v) is 4.68. The third kappa shape index (κ3) is 4.59. The van der Waals surface area contributed by atoms with Crippen molar-refractivity contribution < 1.29 is 13.9 Å². The minimum absolute atomic E-state index is 0.0218. The lowest BCUT2D eigenvalue weighted by molar-refractivity contribution is -0.0160. The molecule has 3 N–H and O–H groups in total.